The molecule has 118 valence electrons. The molecule has 0 aliphatic carbocycles. The van der Waals surface area contributed by atoms with Crippen molar-refractivity contribution >= 4 is 17.9 Å². The minimum absolute atomic E-state index is 0.0432. The molecule has 1 atom stereocenters. The molecule has 1 fully saturated rings. The quantitative estimate of drug-likeness (QED) is 0.829. The average molecular weight is 309 g/mol. The summed E-state index contributed by atoms with van der Waals surface area (Å²) in [5.41, 5.74) is 2.30. The van der Waals surface area contributed by atoms with Gasteiger partial charge < -0.3 is 10.7 Å². The number of hydrogen-bond donors (Lipinski definition) is 2. The number of aldehydes is 1. The van der Waals surface area contributed by atoms with Crippen molar-refractivity contribution in [2.45, 2.75) is 25.6 Å². The Labute approximate surface area is 135 Å². The third-order valence-corrected chi connectivity index (χ3v) is 3.90. The van der Waals surface area contributed by atoms with Gasteiger partial charge in [-0.05, 0) is 18.1 Å². The van der Waals surface area contributed by atoms with Crippen molar-refractivity contribution in [3.63, 3.8) is 0 Å². The van der Waals surface area contributed by atoms with Crippen LogP contribution in [-0.2, 0) is 6.54 Å². The molecule has 2 heterocycles. The standard InChI is InChI=1S/C17H19N5O/c18-14-7-9-22(11-13-4-2-1-3-5-13)16(10-14)21-17-19-8-6-15(12-23)20-17/h1-6,8,12,16,18H,7,9-11H2,(H,19,20,21). The highest BCUT2D eigenvalue weighted by molar-refractivity contribution is 5.83. The minimum atomic E-state index is -0.0432. The maximum atomic E-state index is 10.8. The number of likely N-dealkylation sites (tertiary alicyclic amines) is 1. The highest BCUT2D eigenvalue weighted by Crippen LogP contribution is 2.19. The molecule has 0 bridgehead atoms. The topological polar surface area (TPSA) is 82.0 Å². The SMILES string of the molecule is N=C1CCN(Cc2ccccc2)C(Nc2nccc(C=O)n2)C1. The summed E-state index contributed by atoms with van der Waals surface area (Å²) < 4.78 is 0. The monoisotopic (exact) mass is 309 g/mol. The van der Waals surface area contributed by atoms with E-state index >= 15 is 0 Å². The molecule has 6 heteroatoms. The zero-order valence-corrected chi connectivity index (χ0v) is 12.8. The van der Waals surface area contributed by atoms with Crippen molar-refractivity contribution < 1.29 is 4.79 Å². The van der Waals surface area contributed by atoms with Gasteiger partial charge in [0, 0.05) is 31.4 Å². The van der Waals surface area contributed by atoms with E-state index < -0.39 is 0 Å². The van der Waals surface area contributed by atoms with Gasteiger partial charge in [0.05, 0.1) is 6.17 Å². The van der Waals surface area contributed by atoms with Crippen molar-refractivity contribution in [3.05, 3.63) is 53.9 Å². The van der Waals surface area contributed by atoms with Crippen molar-refractivity contribution in [1.82, 2.24) is 14.9 Å². The van der Waals surface area contributed by atoms with Crippen LogP contribution in [-0.4, -0.2) is 39.6 Å². The fourth-order valence-electron chi connectivity index (χ4n) is 2.71. The summed E-state index contributed by atoms with van der Waals surface area (Å²) in [6.07, 6.45) is 3.63. The van der Waals surface area contributed by atoms with Gasteiger partial charge in [-0.1, -0.05) is 30.3 Å². The Morgan fingerprint density at radius 2 is 2.13 bits per heavy atom. The number of anilines is 1. The van der Waals surface area contributed by atoms with Gasteiger partial charge in [0.25, 0.3) is 0 Å². The predicted molar refractivity (Wildman–Crippen MR) is 88.6 cm³/mol. The van der Waals surface area contributed by atoms with Crippen molar-refractivity contribution in [2.24, 2.45) is 0 Å². The summed E-state index contributed by atoms with van der Waals surface area (Å²) in [5.74, 6) is 0.423. The second-order valence-corrected chi connectivity index (χ2v) is 5.60. The lowest BCUT2D eigenvalue weighted by atomic mass is 10.0. The molecule has 0 saturated carbocycles. The van der Waals surface area contributed by atoms with E-state index in [1.165, 1.54) is 5.56 Å². The minimum Gasteiger partial charge on any atom is -0.338 e. The smallest absolute Gasteiger partial charge is 0.224 e. The molecule has 2 aromatic rings. The first-order valence-electron chi connectivity index (χ1n) is 7.63. The van der Waals surface area contributed by atoms with Crippen LogP contribution >= 0.6 is 0 Å². The molecule has 1 aromatic heterocycles. The third-order valence-electron chi connectivity index (χ3n) is 3.90. The fourth-order valence-corrected chi connectivity index (χ4v) is 2.71. The van der Waals surface area contributed by atoms with Crippen LogP contribution in [0, 0.1) is 5.41 Å². The zero-order valence-electron chi connectivity index (χ0n) is 12.8. The van der Waals surface area contributed by atoms with Gasteiger partial charge in [-0.3, -0.25) is 9.69 Å². The van der Waals surface area contributed by atoms with E-state index in [2.05, 4.69) is 32.3 Å². The summed E-state index contributed by atoms with van der Waals surface area (Å²) in [5, 5.41) is 11.2. The van der Waals surface area contributed by atoms with Crippen LogP contribution in [0.3, 0.4) is 0 Å². The number of rotatable bonds is 5. The maximum absolute atomic E-state index is 10.8. The van der Waals surface area contributed by atoms with E-state index in [1.54, 1.807) is 12.3 Å². The van der Waals surface area contributed by atoms with Gasteiger partial charge in [-0.15, -0.1) is 0 Å². The Balaban J connectivity index is 1.75. The Morgan fingerprint density at radius 3 is 2.91 bits per heavy atom. The molecule has 6 nitrogen and oxygen atoms in total. The molecule has 1 saturated heterocycles. The van der Waals surface area contributed by atoms with Crippen molar-refractivity contribution in [2.75, 3.05) is 11.9 Å². The van der Waals surface area contributed by atoms with Crippen LogP contribution in [0.25, 0.3) is 0 Å². The van der Waals surface area contributed by atoms with Gasteiger partial charge in [0.1, 0.15) is 5.69 Å². The van der Waals surface area contributed by atoms with Crippen LogP contribution in [0.15, 0.2) is 42.6 Å². The molecule has 1 aromatic carbocycles. The molecule has 1 aliphatic rings. The van der Waals surface area contributed by atoms with E-state index in [9.17, 15) is 4.79 Å². The van der Waals surface area contributed by atoms with Crippen LogP contribution < -0.4 is 5.32 Å². The fraction of sp³-hybridized carbons (Fsp3) is 0.294. The first-order valence-corrected chi connectivity index (χ1v) is 7.63. The molecule has 23 heavy (non-hydrogen) atoms. The maximum Gasteiger partial charge on any atom is 0.224 e. The number of carbonyl (C=O) groups is 1. The summed E-state index contributed by atoms with van der Waals surface area (Å²) in [7, 11) is 0. The molecule has 1 unspecified atom stereocenters. The van der Waals surface area contributed by atoms with Crippen LogP contribution in [0.2, 0.25) is 0 Å². The average Bonchev–Trinajstić information content (AvgIpc) is 2.58. The predicted octanol–water partition coefficient (Wildman–Crippen LogP) is 2.34. The van der Waals surface area contributed by atoms with E-state index in [4.69, 9.17) is 5.41 Å². The van der Waals surface area contributed by atoms with Crippen molar-refractivity contribution in [1.29, 1.82) is 5.41 Å². The molecule has 2 N–H and O–H groups in total. The second-order valence-electron chi connectivity index (χ2n) is 5.60. The number of benzene rings is 1. The number of hydrogen-bond acceptors (Lipinski definition) is 6. The zero-order chi connectivity index (χ0) is 16.1. The summed E-state index contributed by atoms with van der Waals surface area (Å²) in [6.45, 7) is 1.62. The number of nitrogens with zero attached hydrogens (tertiary/aromatic N) is 3. The molecular formula is C17H19N5O. The Bertz CT molecular complexity index is 688. The molecule has 0 radical (unpaired) electrons. The number of carbonyl (C=O) groups excluding carboxylic acids is 1. The highest BCUT2D eigenvalue weighted by atomic mass is 16.1. The van der Waals surface area contributed by atoms with Crippen LogP contribution in [0.1, 0.15) is 28.9 Å². The summed E-state index contributed by atoms with van der Waals surface area (Å²) in [4.78, 5) is 21.5. The Hall–Kier alpha value is -2.60. The van der Waals surface area contributed by atoms with E-state index in [-0.39, 0.29) is 6.17 Å². The number of piperidine rings is 1. The molecule has 0 amide bonds. The third kappa shape index (κ3) is 3.98. The van der Waals surface area contributed by atoms with E-state index in [1.807, 2.05) is 18.2 Å². The van der Waals surface area contributed by atoms with Gasteiger partial charge in [0.2, 0.25) is 5.95 Å². The normalized spacial score (nSPS) is 18.6. The lowest BCUT2D eigenvalue weighted by Crippen LogP contribution is -2.46. The second kappa shape index (κ2) is 7.11. The summed E-state index contributed by atoms with van der Waals surface area (Å²) >= 11 is 0. The van der Waals surface area contributed by atoms with Crippen LogP contribution in [0.4, 0.5) is 5.95 Å². The number of aromatic nitrogens is 2. The Morgan fingerprint density at radius 1 is 1.30 bits per heavy atom. The van der Waals surface area contributed by atoms with Gasteiger partial charge in [-0.25, -0.2) is 9.97 Å². The van der Waals surface area contributed by atoms with Gasteiger partial charge in [0.15, 0.2) is 6.29 Å². The van der Waals surface area contributed by atoms with Gasteiger partial charge >= 0.3 is 0 Å². The van der Waals surface area contributed by atoms with E-state index in [0.717, 1.165) is 25.2 Å². The van der Waals surface area contributed by atoms with E-state index in [0.29, 0.717) is 24.3 Å². The first kappa shape index (κ1) is 15.3. The van der Waals surface area contributed by atoms with Gasteiger partial charge in [-0.2, -0.15) is 0 Å². The Kier molecular flexibility index (Phi) is 4.73. The summed E-state index contributed by atoms with van der Waals surface area (Å²) in [6, 6.07) is 11.8. The molecule has 3 rings (SSSR count). The highest BCUT2D eigenvalue weighted by Gasteiger charge is 2.25. The lowest BCUT2D eigenvalue weighted by molar-refractivity contribution is 0.111. The largest absolute Gasteiger partial charge is 0.338 e. The molecule has 0 spiro atoms. The van der Waals surface area contributed by atoms with Crippen molar-refractivity contribution in [3.8, 4) is 0 Å². The lowest BCUT2D eigenvalue weighted by Gasteiger charge is -2.36. The molecular weight excluding hydrogens is 290 g/mol. The molecule has 1 aliphatic heterocycles. The van der Waals surface area contributed by atoms with Crippen LogP contribution in [0.5, 0.6) is 0 Å². The first-order chi connectivity index (χ1) is 11.2. The number of nitrogens with one attached hydrogen (secondary N) is 2.